The summed E-state index contributed by atoms with van der Waals surface area (Å²) in [6.45, 7) is 0. The van der Waals surface area contributed by atoms with Crippen LogP contribution in [0, 0.1) is 0 Å². The highest BCUT2D eigenvalue weighted by Gasteiger charge is 2.20. The van der Waals surface area contributed by atoms with Crippen molar-refractivity contribution >= 4 is 65.7 Å². The number of para-hydroxylation sites is 2. The molecule has 0 atom stereocenters. The normalized spacial score (nSPS) is 11.8. The number of hydrogen-bond acceptors (Lipinski definition) is 4. The fourth-order valence-corrected chi connectivity index (χ4v) is 9.42. The van der Waals surface area contributed by atoms with Gasteiger partial charge in [0.05, 0.1) is 22.4 Å². The third-order valence-corrected chi connectivity index (χ3v) is 12.4. The Morgan fingerprint density at radius 1 is 0.317 bits per heavy atom. The third-order valence-electron chi connectivity index (χ3n) is 12.4. The standard InChI is InChI=1S/C58H35N3O2/c1-4-13-36(14-5-1)38-25-29-51-47(31-38)48-32-39(26-30-52(48)61(51)42-17-8-3-9-18-42)40-23-28-45-56(33-40)63-54-22-12-20-46(57(45)54)58-59-49(37-15-6-2-7-16-37)35-50(60-58)41-24-27-44-43-19-10-11-21-53(43)62-55(44)34-41/h1-35H. The molecule has 0 fully saturated rings. The molecule has 4 heterocycles. The van der Waals surface area contributed by atoms with Gasteiger partial charge in [0.2, 0.25) is 0 Å². The van der Waals surface area contributed by atoms with Gasteiger partial charge in [0.1, 0.15) is 22.3 Å². The summed E-state index contributed by atoms with van der Waals surface area (Å²) >= 11 is 0. The second-order valence-corrected chi connectivity index (χ2v) is 16.1. The number of nitrogens with zero attached hydrogens (tertiary/aromatic N) is 3. The second kappa shape index (κ2) is 14.0. The lowest BCUT2D eigenvalue weighted by atomic mass is 9.99. The summed E-state index contributed by atoms with van der Waals surface area (Å²) in [4.78, 5) is 10.5. The fourth-order valence-electron chi connectivity index (χ4n) is 9.42. The molecule has 0 saturated heterocycles. The SMILES string of the molecule is c1ccc(-c2ccc3c(c2)c2cc(-c4ccc5c(c4)oc4cccc(-c6nc(-c7ccccc7)cc(-c7ccc8c(c7)oc7ccccc78)n6)c45)ccc2n3-c2ccccc2)cc1. The Hall–Kier alpha value is -8.54. The number of fused-ring (bicyclic) bond motifs is 9. The Labute approximate surface area is 361 Å². The van der Waals surface area contributed by atoms with E-state index in [-0.39, 0.29) is 0 Å². The van der Waals surface area contributed by atoms with Crippen LogP contribution in [0.15, 0.2) is 221 Å². The monoisotopic (exact) mass is 805 g/mol. The molecule has 0 radical (unpaired) electrons. The van der Waals surface area contributed by atoms with E-state index in [9.17, 15) is 0 Å². The van der Waals surface area contributed by atoms with Crippen molar-refractivity contribution in [2.45, 2.75) is 0 Å². The largest absolute Gasteiger partial charge is 0.456 e. The van der Waals surface area contributed by atoms with E-state index in [4.69, 9.17) is 18.8 Å². The maximum atomic E-state index is 6.70. The van der Waals surface area contributed by atoms with Crippen molar-refractivity contribution in [3.05, 3.63) is 212 Å². The molecule has 0 amide bonds. The third kappa shape index (κ3) is 5.78. The quantitative estimate of drug-likeness (QED) is 0.168. The number of rotatable bonds is 6. The van der Waals surface area contributed by atoms with Crippen molar-refractivity contribution in [3.8, 4) is 61.8 Å². The van der Waals surface area contributed by atoms with Gasteiger partial charge in [-0.2, -0.15) is 0 Å². The minimum atomic E-state index is 0.628. The lowest BCUT2D eigenvalue weighted by Gasteiger charge is -2.10. The molecule has 294 valence electrons. The van der Waals surface area contributed by atoms with Crippen molar-refractivity contribution in [2.24, 2.45) is 0 Å². The fraction of sp³-hybridized carbons (Fsp3) is 0. The first-order valence-corrected chi connectivity index (χ1v) is 21.2. The van der Waals surface area contributed by atoms with E-state index < -0.39 is 0 Å². The lowest BCUT2D eigenvalue weighted by molar-refractivity contribution is 0.668. The molecular weight excluding hydrogens is 771 g/mol. The highest BCUT2D eigenvalue weighted by Crippen LogP contribution is 2.41. The minimum Gasteiger partial charge on any atom is -0.456 e. The minimum absolute atomic E-state index is 0.628. The molecule has 5 heteroatoms. The average Bonchev–Trinajstić information content (AvgIpc) is 4.03. The van der Waals surface area contributed by atoms with Crippen LogP contribution in [0.25, 0.3) is 128 Å². The molecule has 0 N–H and O–H groups in total. The summed E-state index contributed by atoms with van der Waals surface area (Å²) in [6.07, 6.45) is 0. The molecule has 0 bridgehead atoms. The van der Waals surface area contributed by atoms with Crippen LogP contribution in [0.3, 0.4) is 0 Å². The van der Waals surface area contributed by atoms with Crippen LogP contribution in [0.4, 0.5) is 0 Å². The van der Waals surface area contributed by atoms with Crippen LogP contribution in [0.2, 0.25) is 0 Å². The number of furan rings is 2. The molecule has 5 nitrogen and oxygen atoms in total. The van der Waals surface area contributed by atoms with E-state index >= 15 is 0 Å². The molecule has 0 spiro atoms. The number of aromatic nitrogens is 3. The van der Waals surface area contributed by atoms with Crippen molar-refractivity contribution < 1.29 is 8.83 Å². The maximum absolute atomic E-state index is 6.70. The summed E-state index contributed by atoms with van der Waals surface area (Å²) < 4.78 is 15.4. The summed E-state index contributed by atoms with van der Waals surface area (Å²) in [5.41, 5.74) is 15.9. The van der Waals surface area contributed by atoms with E-state index in [1.165, 1.54) is 27.4 Å². The first kappa shape index (κ1) is 35.2. The molecule has 0 unspecified atom stereocenters. The zero-order chi connectivity index (χ0) is 41.4. The van der Waals surface area contributed by atoms with E-state index in [1.807, 2.05) is 48.5 Å². The smallest absolute Gasteiger partial charge is 0.161 e. The molecule has 0 aliphatic heterocycles. The Balaban J connectivity index is 0.952. The molecule has 4 aromatic heterocycles. The van der Waals surface area contributed by atoms with Crippen LogP contribution in [0.5, 0.6) is 0 Å². The van der Waals surface area contributed by atoms with Crippen molar-refractivity contribution in [1.82, 2.24) is 14.5 Å². The molecule has 9 aromatic carbocycles. The molecule has 0 aliphatic carbocycles. The Morgan fingerprint density at radius 3 is 1.60 bits per heavy atom. The summed E-state index contributed by atoms with van der Waals surface area (Å²) in [5, 5.41) is 6.58. The van der Waals surface area contributed by atoms with Gasteiger partial charge in [-0.25, -0.2) is 9.97 Å². The van der Waals surface area contributed by atoms with E-state index in [0.717, 1.165) is 94.3 Å². The first-order chi connectivity index (χ1) is 31.2. The molecule has 13 rings (SSSR count). The maximum Gasteiger partial charge on any atom is 0.161 e. The highest BCUT2D eigenvalue weighted by molar-refractivity contribution is 6.14. The van der Waals surface area contributed by atoms with Crippen LogP contribution in [-0.4, -0.2) is 14.5 Å². The Morgan fingerprint density at radius 2 is 0.841 bits per heavy atom. The van der Waals surface area contributed by atoms with Gasteiger partial charge in [0.25, 0.3) is 0 Å². The second-order valence-electron chi connectivity index (χ2n) is 16.1. The summed E-state index contributed by atoms with van der Waals surface area (Å²) in [7, 11) is 0. The van der Waals surface area contributed by atoms with Crippen molar-refractivity contribution in [3.63, 3.8) is 0 Å². The van der Waals surface area contributed by atoms with E-state index in [0.29, 0.717) is 5.82 Å². The summed E-state index contributed by atoms with van der Waals surface area (Å²) in [6, 6.07) is 74.4. The van der Waals surface area contributed by atoms with Gasteiger partial charge in [-0.15, -0.1) is 0 Å². The first-order valence-electron chi connectivity index (χ1n) is 21.2. The molecule has 13 aromatic rings. The van der Waals surface area contributed by atoms with Crippen LogP contribution >= 0.6 is 0 Å². The lowest BCUT2D eigenvalue weighted by Crippen LogP contribution is -1.96. The van der Waals surface area contributed by atoms with Gasteiger partial charge in [-0.05, 0) is 101 Å². The van der Waals surface area contributed by atoms with Gasteiger partial charge in [-0.3, -0.25) is 0 Å². The average molecular weight is 806 g/mol. The van der Waals surface area contributed by atoms with Gasteiger partial charge in [0.15, 0.2) is 5.82 Å². The van der Waals surface area contributed by atoms with Gasteiger partial charge < -0.3 is 13.4 Å². The van der Waals surface area contributed by atoms with Crippen LogP contribution in [-0.2, 0) is 0 Å². The predicted molar refractivity (Wildman–Crippen MR) is 258 cm³/mol. The zero-order valence-corrected chi connectivity index (χ0v) is 33.9. The van der Waals surface area contributed by atoms with Gasteiger partial charge in [-0.1, -0.05) is 133 Å². The molecule has 63 heavy (non-hydrogen) atoms. The summed E-state index contributed by atoms with van der Waals surface area (Å²) in [5.74, 6) is 0.628. The molecule has 0 saturated carbocycles. The predicted octanol–water partition coefficient (Wildman–Crippen LogP) is 15.7. The highest BCUT2D eigenvalue weighted by atomic mass is 16.3. The van der Waals surface area contributed by atoms with Crippen molar-refractivity contribution in [2.75, 3.05) is 0 Å². The number of hydrogen-bond donors (Lipinski definition) is 0. The Bertz CT molecular complexity index is 3900. The molecular formula is C58H35N3O2. The van der Waals surface area contributed by atoms with Crippen LogP contribution < -0.4 is 0 Å². The molecule has 0 aliphatic rings. The van der Waals surface area contributed by atoms with E-state index in [2.05, 4.69) is 168 Å². The topological polar surface area (TPSA) is 57.0 Å². The zero-order valence-electron chi connectivity index (χ0n) is 33.9. The van der Waals surface area contributed by atoms with Crippen molar-refractivity contribution in [1.29, 1.82) is 0 Å². The van der Waals surface area contributed by atoms with Gasteiger partial charge >= 0.3 is 0 Å². The van der Waals surface area contributed by atoms with E-state index in [1.54, 1.807) is 0 Å². The number of benzene rings is 9. The van der Waals surface area contributed by atoms with Crippen LogP contribution in [0.1, 0.15) is 0 Å². The Kier molecular flexibility index (Phi) is 7.84. The van der Waals surface area contributed by atoms with Gasteiger partial charge in [0, 0.05) is 54.7 Å².